The standard InChI is InChI=1S/C54H32N4O/c1-2-14-34(15-3-1)51-41-20-6-9-22-44(41)55-54(56-51)36-17-12-18-37(32-36)58-47-29-27-40-39-19-8-11-24-48(39)59-53(40)50(47)43-28-30-46-49(52(43)58)42-21-7-10-23-45(42)57(46)38-26-25-33-13-4-5-16-35(33)31-38/h1-32H. The van der Waals surface area contributed by atoms with Crippen molar-refractivity contribution >= 4 is 87.2 Å². The lowest BCUT2D eigenvalue weighted by Gasteiger charge is -2.13. The monoisotopic (exact) mass is 752 g/mol. The van der Waals surface area contributed by atoms with Gasteiger partial charge in [-0.15, -0.1) is 0 Å². The fourth-order valence-corrected chi connectivity index (χ4v) is 9.49. The molecule has 59 heavy (non-hydrogen) atoms. The smallest absolute Gasteiger partial charge is 0.160 e. The number of hydrogen-bond acceptors (Lipinski definition) is 3. The second-order valence-electron chi connectivity index (χ2n) is 15.3. The fraction of sp³-hybridized carbons (Fsp3) is 0. The molecule has 0 aliphatic heterocycles. The number of fused-ring (bicyclic) bond motifs is 13. The van der Waals surface area contributed by atoms with Crippen molar-refractivity contribution in [1.82, 2.24) is 19.1 Å². The highest BCUT2D eigenvalue weighted by molar-refractivity contribution is 6.31. The van der Waals surface area contributed by atoms with Gasteiger partial charge in [0.1, 0.15) is 11.2 Å². The Morgan fingerprint density at radius 2 is 1.08 bits per heavy atom. The summed E-state index contributed by atoms with van der Waals surface area (Å²) >= 11 is 0. The van der Waals surface area contributed by atoms with Crippen LogP contribution < -0.4 is 0 Å². The molecule has 0 saturated carbocycles. The van der Waals surface area contributed by atoms with Crippen LogP contribution in [0.15, 0.2) is 199 Å². The molecule has 5 nitrogen and oxygen atoms in total. The molecule has 13 aromatic rings. The van der Waals surface area contributed by atoms with E-state index >= 15 is 0 Å². The summed E-state index contributed by atoms with van der Waals surface area (Å²) in [5.74, 6) is 0.683. The first kappa shape index (κ1) is 32.1. The zero-order chi connectivity index (χ0) is 38.6. The Labute approximate surface area is 337 Å². The van der Waals surface area contributed by atoms with Gasteiger partial charge >= 0.3 is 0 Å². The molecular formula is C54H32N4O. The average Bonchev–Trinajstić information content (AvgIpc) is 3.96. The van der Waals surface area contributed by atoms with Crippen LogP contribution in [0.2, 0.25) is 0 Å². The highest BCUT2D eigenvalue weighted by Gasteiger charge is 2.24. The van der Waals surface area contributed by atoms with Crippen LogP contribution in [-0.2, 0) is 0 Å². The van der Waals surface area contributed by atoms with E-state index in [9.17, 15) is 0 Å². The fourth-order valence-electron chi connectivity index (χ4n) is 9.49. The number of furan rings is 1. The van der Waals surface area contributed by atoms with Gasteiger partial charge in [0, 0.05) is 54.8 Å². The second kappa shape index (κ2) is 12.2. The molecule has 9 aromatic carbocycles. The Balaban J connectivity index is 1.14. The quantitative estimate of drug-likeness (QED) is 0.180. The minimum absolute atomic E-state index is 0.683. The van der Waals surface area contributed by atoms with Crippen molar-refractivity contribution < 1.29 is 4.42 Å². The molecular weight excluding hydrogens is 721 g/mol. The third kappa shape index (κ3) is 4.67. The van der Waals surface area contributed by atoms with Gasteiger partial charge in [-0.05, 0) is 77.5 Å². The van der Waals surface area contributed by atoms with Crippen LogP contribution in [-0.4, -0.2) is 19.1 Å². The summed E-state index contributed by atoms with van der Waals surface area (Å²) in [6, 6.07) is 68.9. The van der Waals surface area contributed by atoms with Crippen molar-refractivity contribution in [3.05, 3.63) is 194 Å². The lowest BCUT2D eigenvalue weighted by molar-refractivity contribution is 0.673. The summed E-state index contributed by atoms with van der Waals surface area (Å²) in [5, 5.41) is 10.3. The highest BCUT2D eigenvalue weighted by Crippen LogP contribution is 2.46. The molecule has 274 valence electrons. The van der Waals surface area contributed by atoms with Crippen molar-refractivity contribution in [2.75, 3.05) is 0 Å². The highest BCUT2D eigenvalue weighted by atomic mass is 16.3. The van der Waals surface area contributed by atoms with Gasteiger partial charge in [0.25, 0.3) is 0 Å². The Morgan fingerprint density at radius 1 is 0.390 bits per heavy atom. The summed E-state index contributed by atoms with van der Waals surface area (Å²) < 4.78 is 11.6. The van der Waals surface area contributed by atoms with Crippen LogP contribution in [0.5, 0.6) is 0 Å². The number of rotatable bonds is 4. The Hall–Kier alpha value is -8.02. The second-order valence-corrected chi connectivity index (χ2v) is 15.3. The van der Waals surface area contributed by atoms with E-state index in [1.165, 1.54) is 21.5 Å². The largest absolute Gasteiger partial charge is 0.455 e. The summed E-state index contributed by atoms with van der Waals surface area (Å²) in [7, 11) is 0. The van der Waals surface area contributed by atoms with Gasteiger partial charge in [0.15, 0.2) is 5.82 Å². The van der Waals surface area contributed by atoms with Crippen LogP contribution in [0.3, 0.4) is 0 Å². The molecule has 0 aliphatic rings. The van der Waals surface area contributed by atoms with Crippen LogP contribution >= 0.6 is 0 Å². The summed E-state index contributed by atoms with van der Waals surface area (Å²) in [5.41, 5.74) is 12.3. The minimum atomic E-state index is 0.683. The Morgan fingerprint density at radius 3 is 1.98 bits per heavy atom. The first-order valence-corrected chi connectivity index (χ1v) is 20.0. The lowest BCUT2D eigenvalue weighted by atomic mass is 10.1. The molecule has 0 atom stereocenters. The Bertz CT molecular complexity index is 3850. The van der Waals surface area contributed by atoms with E-state index in [1.54, 1.807) is 0 Å². The topological polar surface area (TPSA) is 48.8 Å². The third-order valence-corrected chi connectivity index (χ3v) is 12.1. The van der Waals surface area contributed by atoms with E-state index in [1.807, 2.05) is 18.2 Å². The molecule has 0 fully saturated rings. The van der Waals surface area contributed by atoms with Gasteiger partial charge in [0.2, 0.25) is 0 Å². The van der Waals surface area contributed by atoms with Gasteiger partial charge in [0.05, 0.1) is 38.7 Å². The van der Waals surface area contributed by atoms with Crippen molar-refractivity contribution in [3.8, 4) is 34.0 Å². The molecule has 13 rings (SSSR count). The van der Waals surface area contributed by atoms with Crippen molar-refractivity contribution in [3.63, 3.8) is 0 Å². The van der Waals surface area contributed by atoms with Crippen molar-refractivity contribution in [2.24, 2.45) is 0 Å². The van der Waals surface area contributed by atoms with Gasteiger partial charge in [-0.2, -0.15) is 0 Å². The maximum absolute atomic E-state index is 6.79. The molecule has 0 saturated heterocycles. The normalized spacial score (nSPS) is 12.1. The number of hydrogen-bond donors (Lipinski definition) is 0. The SMILES string of the molecule is c1ccc(-c2nc(-c3cccc(-n4c5ccc6c7ccccc7oc6c5c5ccc6c(c7ccccc7n6-c6ccc7ccccc7c6)c54)c3)nc3ccccc23)cc1. The number of aromatic nitrogens is 4. The van der Waals surface area contributed by atoms with Gasteiger partial charge in [-0.3, -0.25) is 0 Å². The Kier molecular flexibility index (Phi) is 6.66. The molecule has 4 aromatic heterocycles. The van der Waals surface area contributed by atoms with E-state index in [0.29, 0.717) is 5.82 Å². The van der Waals surface area contributed by atoms with Gasteiger partial charge < -0.3 is 13.6 Å². The molecule has 0 bridgehead atoms. The van der Waals surface area contributed by atoms with E-state index in [0.717, 1.165) is 93.9 Å². The average molecular weight is 753 g/mol. The summed E-state index contributed by atoms with van der Waals surface area (Å²) in [6.45, 7) is 0. The van der Waals surface area contributed by atoms with E-state index in [4.69, 9.17) is 14.4 Å². The first-order chi connectivity index (χ1) is 29.3. The molecule has 0 N–H and O–H groups in total. The third-order valence-electron chi connectivity index (χ3n) is 12.1. The molecule has 0 unspecified atom stereocenters. The van der Waals surface area contributed by atoms with Crippen molar-refractivity contribution in [1.29, 1.82) is 0 Å². The van der Waals surface area contributed by atoms with E-state index < -0.39 is 0 Å². The molecule has 4 heterocycles. The maximum atomic E-state index is 6.79. The minimum Gasteiger partial charge on any atom is -0.455 e. The maximum Gasteiger partial charge on any atom is 0.160 e. The van der Waals surface area contributed by atoms with E-state index in [-0.39, 0.29) is 0 Å². The van der Waals surface area contributed by atoms with Gasteiger partial charge in [-0.1, -0.05) is 127 Å². The molecule has 0 radical (unpaired) electrons. The number of para-hydroxylation sites is 3. The van der Waals surface area contributed by atoms with Crippen LogP contribution in [0.25, 0.3) is 121 Å². The van der Waals surface area contributed by atoms with Crippen LogP contribution in [0.1, 0.15) is 0 Å². The zero-order valence-electron chi connectivity index (χ0n) is 31.7. The molecule has 0 amide bonds. The molecule has 5 heteroatoms. The van der Waals surface area contributed by atoms with E-state index in [2.05, 4.69) is 185 Å². The first-order valence-electron chi connectivity index (χ1n) is 20.0. The molecule has 0 aliphatic carbocycles. The molecule has 0 spiro atoms. The predicted molar refractivity (Wildman–Crippen MR) is 244 cm³/mol. The number of nitrogens with zero attached hydrogens (tertiary/aromatic N) is 4. The summed E-state index contributed by atoms with van der Waals surface area (Å²) in [4.78, 5) is 10.4. The van der Waals surface area contributed by atoms with Crippen molar-refractivity contribution in [2.45, 2.75) is 0 Å². The van der Waals surface area contributed by atoms with Crippen LogP contribution in [0, 0.1) is 0 Å². The van der Waals surface area contributed by atoms with Crippen LogP contribution in [0.4, 0.5) is 0 Å². The predicted octanol–water partition coefficient (Wildman–Crippen LogP) is 14.2. The zero-order valence-corrected chi connectivity index (χ0v) is 31.7. The summed E-state index contributed by atoms with van der Waals surface area (Å²) in [6.07, 6.45) is 0. The lowest BCUT2D eigenvalue weighted by Crippen LogP contribution is -1.98. The number of benzene rings is 9. The van der Waals surface area contributed by atoms with Gasteiger partial charge in [-0.25, -0.2) is 9.97 Å².